The number of carbonyl (C=O) groups is 1. The van der Waals surface area contributed by atoms with Gasteiger partial charge in [0.2, 0.25) is 5.91 Å². The second-order valence-corrected chi connectivity index (χ2v) is 7.49. The van der Waals surface area contributed by atoms with E-state index >= 15 is 0 Å². The summed E-state index contributed by atoms with van der Waals surface area (Å²) in [5, 5.41) is 2.06. The standard InChI is InChI=1S/C20H24N2OS/c1-16-4-3-5-18(14-16)15-21-9-11-22(12-10-21)20(23)7-6-19-17(2)8-13-24-19/h3-8,13-14H,9-12,15H2,1-2H3/p+1/b7-6+. The predicted molar refractivity (Wildman–Crippen MR) is 100 cm³/mol. The van der Waals surface area contributed by atoms with Crippen LogP contribution in [0.1, 0.15) is 21.6 Å². The molecule has 0 spiro atoms. The number of quaternary nitrogens is 1. The van der Waals surface area contributed by atoms with Crippen LogP contribution in [0.2, 0.25) is 0 Å². The molecular formula is C20H25N2OS+. The zero-order valence-corrected chi connectivity index (χ0v) is 15.2. The molecule has 1 N–H and O–H groups in total. The molecular weight excluding hydrogens is 316 g/mol. The van der Waals surface area contributed by atoms with Gasteiger partial charge in [-0.25, -0.2) is 0 Å². The molecule has 126 valence electrons. The number of piperazine rings is 1. The van der Waals surface area contributed by atoms with E-state index in [-0.39, 0.29) is 5.91 Å². The highest BCUT2D eigenvalue weighted by Crippen LogP contribution is 2.17. The van der Waals surface area contributed by atoms with Crippen LogP contribution in [0.4, 0.5) is 0 Å². The van der Waals surface area contributed by atoms with Crippen LogP contribution >= 0.6 is 11.3 Å². The molecule has 0 aliphatic carbocycles. The Balaban J connectivity index is 1.50. The summed E-state index contributed by atoms with van der Waals surface area (Å²) in [6, 6.07) is 10.8. The van der Waals surface area contributed by atoms with E-state index < -0.39 is 0 Å². The molecule has 1 aliphatic heterocycles. The lowest BCUT2D eigenvalue weighted by atomic mass is 10.1. The first kappa shape index (κ1) is 16.9. The van der Waals surface area contributed by atoms with E-state index in [1.54, 1.807) is 22.3 Å². The molecule has 0 unspecified atom stereocenters. The van der Waals surface area contributed by atoms with Gasteiger partial charge in [0.25, 0.3) is 0 Å². The lowest BCUT2D eigenvalue weighted by Gasteiger charge is -2.31. The van der Waals surface area contributed by atoms with Crippen molar-refractivity contribution in [1.29, 1.82) is 0 Å². The molecule has 2 aromatic rings. The van der Waals surface area contributed by atoms with Crippen LogP contribution in [0.25, 0.3) is 6.08 Å². The van der Waals surface area contributed by atoms with Crippen LogP contribution in [0.5, 0.6) is 0 Å². The molecule has 1 aliphatic rings. The first-order chi connectivity index (χ1) is 11.6. The van der Waals surface area contributed by atoms with Gasteiger partial charge >= 0.3 is 0 Å². The number of hydrogen-bond donors (Lipinski definition) is 1. The number of nitrogens with one attached hydrogen (secondary N) is 1. The fourth-order valence-electron chi connectivity index (χ4n) is 3.14. The van der Waals surface area contributed by atoms with Gasteiger partial charge in [-0.15, -0.1) is 11.3 Å². The second kappa shape index (κ2) is 7.77. The highest BCUT2D eigenvalue weighted by molar-refractivity contribution is 7.11. The number of aryl methyl sites for hydroxylation is 2. The summed E-state index contributed by atoms with van der Waals surface area (Å²) < 4.78 is 0. The van der Waals surface area contributed by atoms with E-state index in [9.17, 15) is 4.79 Å². The van der Waals surface area contributed by atoms with Gasteiger partial charge in [-0.05, 0) is 36.9 Å². The molecule has 3 nitrogen and oxygen atoms in total. The van der Waals surface area contributed by atoms with Gasteiger partial charge in [-0.3, -0.25) is 4.79 Å². The molecule has 4 heteroatoms. The largest absolute Gasteiger partial charge is 0.328 e. The maximum absolute atomic E-state index is 12.3. The Morgan fingerprint density at radius 2 is 2.04 bits per heavy atom. The molecule has 0 bridgehead atoms. The van der Waals surface area contributed by atoms with Crippen molar-refractivity contribution in [3.63, 3.8) is 0 Å². The van der Waals surface area contributed by atoms with Crippen molar-refractivity contribution in [2.24, 2.45) is 0 Å². The predicted octanol–water partition coefficient (Wildman–Crippen LogP) is 2.31. The van der Waals surface area contributed by atoms with E-state index in [0.29, 0.717) is 0 Å². The quantitative estimate of drug-likeness (QED) is 0.848. The normalized spacial score (nSPS) is 16.0. The lowest BCUT2D eigenvalue weighted by Crippen LogP contribution is -3.13. The number of thiophene rings is 1. The maximum atomic E-state index is 12.3. The molecule has 0 saturated carbocycles. The highest BCUT2D eigenvalue weighted by atomic mass is 32.1. The Morgan fingerprint density at radius 1 is 1.25 bits per heavy atom. The summed E-state index contributed by atoms with van der Waals surface area (Å²) in [7, 11) is 0. The van der Waals surface area contributed by atoms with Gasteiger partial charge in [0.05, 0.1) is 26.2 Å². The smallest absolute Gasteiger partial charge is 0.247 e. The molecule has 24 heavy (non-hydrogen) atoms. The average molecular weight is 342 g/mol. The van der Waals surface area contributed by atoms with Crippen LogP contribution in [0.15, 0.2) is 41.8 Å². The van der Waals surface area contributed by atoms with Gasteiger partial charge in [-0.2, -0.15) is 0 Å². The summed E-state index contributed by atoms with van der Waals surface area (Å²) in [6.45, 7) is 8.98. The lowest BCUT2D eigenvalue weighted by molar-refractivity contribution is -0.917. The minimum Gasteiger partial charge on any atom is -0.328 e. The molecule has 3 rings (SSSR count). The Labute approximate surface area is 148 Å². The number of benzene rings is 1. The van der Waals surface area contributed by atoms with Crippen LogP contribution in [-0.4, -0.2) is 37.0 Å². The molecule has 2 heterocycles. The van der Waals surface area contributed by atoms with Gasteiger partial charge in [-0.1, -0.05) is 29.8 Å². The van der Waals surface area contributed by atoms with Gasteiger partial charge < -0.3 is 9.80 Å². The molecule has 1 amide bonds. The Morgan fingerprint density at radius 3 is 2.71 bits per heavy atom. The van der Waals surface area contributed by atoms with E-state index in [0.717, 1.165) is 32.7 Å². The second-order valence-electron chi connectivity index (χ2n) is 6.54. The van der Waals surface area contributed by atoms with Crippen molar-refractivity contribution in [2.75, 3.05) is 26.2 Å². The summed E-state index contributed by atoms with van der Waals surface area (Å²) in [6.07, 6.45) is 3.68. The van der Waals surface area contributed by atoms with Crippen LogP contribution in [-0.2, 0) is 11.3 Å². The third kappa shape index (κ3) is 4.34. The number of rotatable bonds is 4. The summed E-state index contributed by atoms with van der Waals surface area (Å²) in [5.74, 6) is 0.136. The van der Waals surface area contributed by atoms with E-state index in [4.69, 9.17) is 0 Å². The van der Waals surface area contributed by atoms with Crippen molar-refractivity contribution in [1.82, 2.24) is 4.90 Å². The first-order valence-corrected chi connectivity index (χ1v) is 9.40. The van der Waals surface area contributed by atoms with Crippen molar-refractivity contribution in [2.45, 2.75) is 20.4 Å². The summed E-state index contributed by atoms with van der Waals surface area (Å²) in [4.78, 5) is 17.1. The van der Waals surface area contributed by atoms with Crippen LogP contribution in [0, 0.1) is 13.8 Å². The van der Waals surface area contributed by atoms with Gasteiger partial charge in [0, 0.05) is 16.5 Å². The minimum absolute atomic E-state index is 0.136. The van der Waals surface area contributed by atoms with Gasteiger partial charge in [0.1, 0.15) is 6.54 Å². The number of nitrogens with zero attached hydrogens (tertiary/aromatic N) is 1. The van der Waals surface area contributed by atoms with E-state index in [1.165, 1.54) is 21.6 Å². The Hall–Kier alpha value is -1.91. The molecule has 1 aromatic heterocycles. The maximum Gasteiger partial charge on any atom is 0.247 e. The zero-order chi connectivity index (χ0) is 16.9. The average Bonchev–Trinajstić information content (AvgIpc) is 2.98. The SMILES string of the molecule is Cc1cccc(C[NH+]2CCN(C(=O)/C=C/c3sccc3C)CC2)c1. The summed E-state index contributed by atoms with van der Waals surface area (Å²) in [5.41, 5.74) is 3.93. The molecule has 1 saturated heterocycles. The van der Waals surface area contributed by atoms with Gasteiger partial charge in [0.15, 0.2) is 0 Å². The van der Waals surface area contributed by atoms with Crippen molar-refractivity contribution < 1.29 is 9.69 Å². The van der Waals surface area contributed by atoms with E-state index in [2.05, 4.69) is 49.6 Å². The topological polar surface area (TPSA) is 24.8 Å². The number of hydrogen-bond acceptors (Lipinski definition) is 2. The van der Waals surface area contributed by atoms with Crippen molar-refractivity contribution in [3.05, 3.63) is 63.4 Å². The monoisotopic (exact) mass is 341 g/mol. The minimum atomic E-state index is 0.136. The molecule has 0 radical (unpaired) electrons. The van der Waals surface area contributed by atoms with Crippen molar-refractivity contribution in [3.8, 4) is 0 Å². The third-order valence-corrected chi connectivity index (χ3v) is 5.58. The molecule has 1 fully saturated rings. The molecule has 0 atom stereocenters. The van der Waals surface area contributed by atoms with E-state index in [1.807, 2.05) is 11.0 Å². The fraction of sp³-hybridized carbons (Fsp3) is 0.350. The fourth-order valence-corrected chi connectivity index (χ4v) is 3.96. The molecule has 1 aromatic carbocycles. The Kier molecular flexibility index (Phi) is 5.48. The summed E-state index contributed by atoms with van der Waals surface area (Å²) >= 11 is 1.68. The third-order valence-electron chi connectivity index (χ3n) is 4.60. The van der Waals surface area contributed by atoms with Crippen LogP contribution in [0.3, 0.4) is 0 Å². The van der Waals surface area contributed by atoms with Crippen LogP contribution < -0.4 is 4.90 Å². The highest BCUT2D eigenvalue weighted by Gasteiger charge is 2.22. The zero-order valence-electron chi connectivity index (χ0n) is 14.4. The number of amides is 1. The first-order valence-electron chi connectivity index (χ1n) is 8.52. The Bertz CT molecular complexity index is 727. The number of carbonyl (C=O) groups excluding carboxylic acids is 1. The van der Waals surface area contributed by atoms with Crippen molar-refractivity contribution >= 4 is 23.3 Å².